The maximum absolute atomic E-state index is 13.1. The van der Waals surface area contributed by atoms with Crippen LogP contribution in [0.15, 0.2) is 53.7 Å². The fourth-order valence-electron chi connectivity index (χ4n) is 3.52. The Morgan fingerprint density at radius 3 is 2.52 bits per heavy atom. The Morgan fingerprint density at radius 1 is 1.14 bits per heavy atom. The van der Waals surface area contributed by atoms with Gasteiger partial charge in [0.15, 0.2) is 0 Å². The molecule has 2 aromatic rings. The van der Waals surface area contributed by atoms with Crippen LogP contribution in [0.3, 0.4) is 0 Å². The number of ether oxygens (including phenoxy) is 1. The van der Waals surface area contributed by atoms with Gasteiger partial charge < -0.3 is 19.8 Å². The van der Waals surface area contributed by atoms with Crippen molar-refractivity contribution in [3.05, 3.63) is 59.7 Å². The lowest BCUT2D eigenvalue weighted by Crippen LogP contribution is -2.43. The number of rotatable bonds is 5. The molecule has 0 saturated carbocycles. The molecule has 2 aromatic carbocycles. The van der Waals surface area contributed by atoms with Crippen LogP contribution in [0.25, 0.3) is 11.1 Å². The Bertz CT molecular complexity index is 909. The Balaban J connectivity index is 1.78. The van der Waals surface area contributed by atoms with Gasteiger partial charge in [0.25, 0.3) is 5.91 Å². The third kappa shape index (κ3) is 4.74. The predicted molar refractivity (Wildman–Crippen MR) is 111 cm³/mol. The highest BCUT2D eigenvalue weighted by atomic mass is 16.6. The SMILES string of the molecule is CO/N=C1\C[C@@H](CNC(=O)OC)N(C(=O)c2ccc(-c3ccccc3C)cc2)C1. The van der Waals surface area contributed by atoms with Gasteiger partial charge in [-0.15, -0.1) is 0 Å². The Labute approximate surface area is 170 Å². The van der Waals surface area contributed by atoms with Gasteiger partial charge in [0.05, 0.1) is 25.4 Å². The molecule has 7 nitrogen and oxygen atoms in total. The summed E-state index contributed by atoms with van der Waals surface area (Å²) in [5, 5.41) is 6.65. The molecule has 1 fully saturated rings. The highest BCUT2D eigenvalue weighted by molar-refractivity contribution is 6.00. The van der Waals surface area contributed by atoms with Gasteiger partial charge in [0, 0.05) is 18.5 Å². The summed E-state index contributed by atoms with van der Waals surface area (Å²) in [7, 11) is 2.78. The van der Waals surface area contributed by atoms with Crippen molar-refractivity contribution in [3.8, 4) is 11.1 Å². The molecule has 1 saturated heterocycles. The molecule has 152 valence electrons. The molecule has 29 heavy (non-hydrogen) atoms. The molecule has 3 rings (SSSR count). The first-order valence-corrected chi connectivity index (χ1v) is 9.41. The lowest BCUT2D eigenvalue weighted by Gasteiger charge is -2.24. The van der Waals surface area contributed by atoms with Crippen LogP contribution in [0, 0.1) is 6.92 Å². The number of nitrogens with one attached hydrogen (secondary N) is 1. The number of nitrogens with zero attached hydrogens (tertiary/aromatic N) is 2. The van der Waals surface area contributed by atoms with Gasteiger partial charge in [-0.2, -0.15) is 0 Å². The zero-order valence-electron chi connectivity index (χ0n) is 16.8. The number of aryl methyl sites for hydroxylation is 1. The quantitative estimate of drug-likeness (QED) is 0.788. The molecule has 2 amide bonds. The van der Waals surface area contributed by atoms with E-state index in [4.69, 9.17) is 4.84 Å². The minimum absolute atomic E-state index is 0.112. The second kappa shape index (κ2) is 9.23. The first-order chi connectivity index (χ1) is 14.0. The fraction of sp³-hybridized carbons (Fsp3) is 0.318. The van der Waals surface area contributed by atoms with Gasteiger partial charge in [-0.3, -0.25) is 4.79 Å². The first kappa shape index (κ1) is 20.4. The molecule has 1 atom stereocenters. The molecule has 1 aliphatic heterocycles. The van der Waals surface area contributed by atoms with E-state index in [1.807, 2.05) is 36.4 Å². The van der Waals surface area contributed by atoms with Crippen LogP contribution in [0.1, 0.15) is 22.3 Å². The van der Waals surface area contributed by atoms with E-state index < -0.39 is 6.09 Å². The molecule has 7 heteroatoms. The van der Waals surface area contributed by atoms with Crippen molar-refractivity contribution in [2.45, 2.75) is 19.4 Å². The average molecular weight is 395 g/mol. The summed E-state index contributed by atoms with van der Waals surface area (Å²) in [6.07, 6.45) is 0.00216. The minimum Gasteiger partial charge on any atom is -0.453 e. The van der Waals surface area contributed by atoms with Crippen molar-refractivity contribution < 1.29 is 19.2 Å². The van der Waals surface area contributed by atoms with Crippen molar-refractivity contribution in [1.29, 1.82) is 0 Å². The zero-order valence-corrected chi connectivity index (χ0v) is 16.8. The molecule has 1 N–H and O–H groups in total. The summed E-state index contributed by atoms with van der Waals surface area (Å²) in [6, 6.07) is 15.5. The van der Waals surface area contributed by atoms with Gasteiger partial charge in [-0.1, -0.05) is 41.6 Å². The molecule has 0 radical (unpaired) electrons. The number of likely N-dealkylation sites (tertiary alicyclic amines) is 1. The van der Waals surface area contributed by atoms with Crippen molar-refractivity contribution in [3.63, 3.8) is 0 Å². The predicted octanol–water partition coefficient (Wildman–Crippen LogP) is 3.23. The number of hydrogen-bond donors (Lipinski definition) is 1. The van der Waals surface area contributed by atoms with E-state index in [0.717, 1.165) is 16.8 Å². The first-order valence-electron chi connectivity index (χ1n) is 9.41. The topological polar surface area (TPSA) is 80.2 Å². The van der Waals surface area contributed by atoms with E-state index in [0.29, 0.717) is 18.5 Å². The van der Waals surface area contributed by atoms with E-state index in [1.165, 1.54) is 19.8 Å². The maximum atomic E-state index is 13.1. The molecular formula is C22H25N3O4. The molecule has 0 aliphatic carbocycles. The molecule has 0 aromatic heterocycles. The molecule has 0 unspecified atom stereocenters. The van der Waals surface area contributed by atoms with Crippen LogP contribution >= 0.6 is 0 Å². The van der Waals surface area contributed by atoms with Crippen LogP contribution in [0.2, 0.25) is 0 Å². The maximum Gasteiger partial charge on any atom is 0.406 e. The minimum atomic E-state index is -0.530. The van der Waals surface area contributed by atoms with E-state index in [2.05, 4.69) is 34.3 Å². The smallest absolute Gasteiger partial charge is 0.406 e. The summed E-state index contributed by atoms with van der Waals surface area (Å²) >= 11 is 0. The normalized spacial score (nSPS) is 17.3. The van der Waals surface area contributed by atoms with Gasteiger partial charge in [0.1, 0.15) is 7.11 Å². The number of carbonyl (C=O) groups is 2. The van der Waals surface area contributed by atoms with Crippen LogP contribution in [0.5, 0.6) is 0 Å². The average Bonchev–Trinajstić information content (AvgIpc) is 3.15. The third-order valence-electron chi connectivity index (χ3n) is 5.00. The number of oxime groups is 1. The summed E-state index contributed by atoms with van der Waals surface area (Å²) in [5.74, 6) is -0.112. The van der Waals surface area contributed by atoms with Gasteiger partial charge in [0.2, 0.25) is 0 Å². The van der Waals surface area contributed by atoms with Crippen molar-refractivity contribution >= 4 is 17.7 Å². The second-order valence-electron chi connectivity index (χ2n) is 6.90. The highest BCUT2D eigenvalue weighted by Crippen LogP contribution is 2.25. The summed E-state index contributed by atoms with van der Waals surface area (Å²) in [5.41, 5.74) is 4.73. The van der Waals surface area contributed by atoms with Crippen LogP contribution in [-0.4, -0.2) is 56.0 Å². The number of methoxy groups -OCH3 is 1. The van der Waals surface area contributed by atoms with E-state index in [9.17, 15) is 9.59 Å². The number of carbonyl (C=O) groups excluding carboxylic acids is 2. The molecule has 1 heterocycles. The number of amides is 2. The van der Waals surface area contributed by atoms with Gasteiger partial charge in [-0.05, 0) is 35.7 Å². The summed E-state index contributed by atoms with van der Waals surface area (Å²) in [4.78, 5) is 31.1. The van der Waals surface area contributed by atoms with Crippen molar-refractivity contribution in [2.24, 2.45) is 5.16 Å². The van der Waals surface area contributed by atoms with Crippen molar-refractivity contribution in [2.75, 3.05) is 27.3 Å². The Hall–Kier alpha value is -3.35. The standard InChI is InChI=1S/C22H25N3O4/c1-15-6-4-5-7-20(15)16-8-10-17(11-9-16)21(26)25-14-18(24-29-3)12-19(25)13-23-22(27)28-2/h4-11,19H,12-14H2,1-3H3,(H,23,27)/b24-18+/t19-/m0/s1. The Kier molecular flexibility index (Phi) is 6.49. The zero-order chi connectivity index (χ0) is 20.8. The lowest BCUT2D eigenvalue weighted by atomic mass is 9.99. The number of benzene rings is 2. The van der Waals surface area contributed by atoms with Crippen LogP contribution in [0.4, 0.5) is 4.79 Å². The molecular weight excluding hydrogens is 370 g/mol. The van der Waals surface area contributed by atoms with E-state index >= 15 is 0 Å². The lowest BCUT2D eigenvalue weighted by molar-refractivity contribution is 0.0737. The third-order valence-corrected chi connectivity index (χ3v) is 5.00. The van der Waals surface area contributed by atoms with Gasteiger partial charge >= 0.3 is 6.09 Å². The van der Waals surface area contributed by atoms with Crippen LogP contribution in [-0.2, 0) is 9.57 Å². The van der Waals surface area contributed by atoms with Crippen LogP contribution < -0.4 is 5.32 Å². The number of hydrogen-bond acceptors (Lipinski definition) is 5. The molecule has 0 spiro atoms. The Morgan fingerprint density at radius 2 is 1.86 bits per heavy atom. The summed E-state index contributed by atoms with van der Waals surface area (Å²) < 4.78 is 4.62. The molecule has 0 bridgehead atoms. The monoisotopic (exact) mass is 395 g/mol. The molecule has 1 aliphatic rings. The van der Waals surface area contributed by atoms with Gasteiger partial charge in [-0.25, -0.2) is 4.79 Å². The highest BCUT2D eigenvalue weighted by Gasteiger charge is 2.34. The van der Waals surface area contributed by atoms with E-state index in [1.54, 1.807) is 4.90 Å². The largest absolute Gasteiger partial charge is 0.453 e. The van der Waals surface area contributed by atoms with Crippen molar-refractivity contribution in [1.82, 2.24) is 10.2 Å². The fourth-order valence-corrected chi connectivity index (χ4v) is 3.52. The van der Waals surface area contributed by atoms with E-state index in [-0.39, 0.29) is 18.5 Å². The second-order valence-corrected chi connectivity index (χ2v) is 6.90. The summed E-state index contributed by atoms with van der Waals surface area (Å²) in [6.45, 7) is 2.70. The number of alkyl carbamates (subject to hydrolysis) is 1.